The number of carbonyl (C=O) groups excluding carboxylic acids is 1. The van der Waals surface area contributed by atoms with Crippen LogP contribution < -0.4 is 5.14 Å². The number of aromatic nitrogens is 1. The number of nitrogens with zero attached hydrogens (tertiary/aromatic N) is 2. The highest BCUT2D eigenvalue weighted by Crippen LogP contribution is 2.24. The van der Waals surface area contributed by atoms with E-state index in [1.165, 1.54) is 23.5 Å². The van der Waals surface area contributed by atoms with Gasteiger partial charge in [0.15, 0.2) is 5.78 Å². The number of hydrogen-bond donors (Lipinski definition) is 1. The maximum Gasteiger partial charge on any atom is 0.238 e. The lowest BCUT2D eigenvalue weighted by molar-refractivity contribution is 0.0943. The first-order chi connectivity index (χ1) is 13.6. The largest absolute Gasteiger partial charge is 0.318 e. The predicted molar refractivity (Wildman–Crippen MR) is 117 cm³/mol. The lowest BCUT2D eigenvalue weighted by Gasteiger charge is -2.15. The van der Waals surface area contributed by atoms with E-state index in [2.05, 4.69) is 0 Å². The van der Waals surface area contributed by atoms with Gasteiger partial charge in [-0.05, 0) is 63.4 Å². The lowest BCUT2D eigenvalue weighted by Crippen LogP contribution is -2.25. The van der Waals surface area contributed by atoms with Gasteiger partial charge in [0, 0.05) is 34.1 Å². The zero-order chi connectivity index (χ0) is 21.3. The Bertz CT molecular complexity index is 1150. The highest BCUT2D eigenvalue weighted by Gasteiger charge is 2.19. The molecule has 6 nitrogen and oxygen atoms in total. The Hall–Kier alpha value is -1.97. The Labute approximate surface area is 179 Å². The van der Waals surface area contributed by atoms with Gasteiger partial charge in [-0.25, -0.2) is 13.6 Å². The van der Waals surface area contributed by atoms with Crippen LogP contribution in [0, 0.1) is 13.8 Å². The van der Waals surface area contributed by atoms with Crippen molar-refractivity contribution in [2.24, 2.45) is 5.14 Å². The topological polar surface area (TPSA) is 85.4 Å². The average molecular weight is 452 g/mol. The lowest BCUT2D eigenvalue weighted by atomic mass is 10.1. The molecular weight excluding hydrogens is 430 g/mol. The van der Waals surface area contributed by atoms with E-state index in [1.807, 2.05) is 48.6 Å². The number of benzene rings is 1. The first kappa shape index (κ1) is 21.7. The number of carbonyl (C=O) groups is 1. The fourth-order valence-electron chi connectivity index (χ4n) is 3.32. The minimum atomic E-state index is -3.74. The summed E-state index contributed by atoms with van der Waals surface area (Å²) in [5.41, 5.74) is 3.12. The van der Waals surface area contributed by atoms with Crippen LogP contribution in [0.5, 0.6) is 0 Å². The molecule has 0 aliphatic carbocycles. The molecule has 0 spiro atoms. The van der Waals surface area contributed by atoms with E-state index in [0.717, 1.165) is 26.3 Å². The number of halogens is 1. The number of sulfonamides is 1. The minimum absolute atomic E-state index is 0.0238. The van der Waals surface area contributed by atoms with Crippen LogP contribution in [0.25, 0.3) is 5.69 Å². The molecule has 0 aliphatic heterocycles. The number of hydrogen-bond acceptors (Lipinski definition) is 5. The Kier molecular flexibility index (Phi) is 6.30. The molecule has 29 heavy (non-hydrogen) atoms. The Morgan fingerprint density at radius 1 is 1.17 bits per heavy atom. The molecule has 1 aromatic carbocycles. The van der Waals surface area contributed by atoms with Gasteiger partial charge in [0.1, 0.15) is 0 Å². The molecule has 0 amide bonds. The Morgan fingerprint density at radius 2 is 1.83 bits per heavy atom. The van der Waals surface area contributed by atoms with Crippen LogP contribution >= 0.6 is 22.9 Å². The summed E-state index contributed by atoms with van der Waals surface area (Å²) in [5, 5.41) is 5.16. The van der Waals surface area contributed by atoms with Crippen LogP contribution in [0.2, 0.25) is 4.34 Å². The van der Waals surface area contributed by atoms with Crippen molar-refractivity contribution in [3.8, 4) is 5.69 Å². The second kappa shape index (κ2) is 8.41. The summed E-state index contributed by atoms with van der Waals surface area (Å²) in [6.07, 6.45) is 0. The first-order valence-electron chi connectivity index (χ1n) is 8.84. The van der Waals surface area contributed by atoms with Crippen molar-refractivity contribution in [2.75, 3.05) is 13.6 Å². The third kappa shape index (κ3) is 4.96. The standard InChI is InChI=1S/C20H22ClN3O3S2/c1-13-10-18(19(25)12-23(3)11-16-6-9-20(21)28-16)14(2)24(13)15-4-7-17(8-5-15)29(22,26)27/h4-10H,11-12H2,1-3H3,(H2,22,26,27). The summed E-state index contributed by atoms with van der Waals surface area (Å²) in [4.78, 5) is 16.0. The highest BCUT2D eigenvalue weighted by molar-refractivity contribution is 7.89. The SMILES string of the molecule is Cc1cc(C(=O)CN(C)Cc2ccc(Cl)s2)c(C)n1-c1ccc(S(N)(=O)=O)cc1. The van der Waals surface area contributed by atoms with Crippen LogP contribution in [-0.2, 0) is 16.6 Å². The molecule has 0 unspecified atom stereocenters. The van der Waals surface area contributed by atoms with E-state index in [4.69, 9.17) is 16.7 Å². The maximum atomic E-state index is 12.9. The van der Waals surface area contributed by atoms with Crippen LogP contribution in [0.1, 0.15) is 26.6 Å². The van der Waals surface area contributed by atoms with Gasteiger partial charge in [0.05, 0.1) is 15.8 Å². The molecule has 0 saturated heterocycles. The summed E-state index contributed by atoms with van der Waals surface area (Å²) in [5.74, 6) is 0.0238. The smallest absolute Gasteiger partial charge is 0.238 e. The van der Waals surface area contributed by atoms with Gasteiger partial charge < -0.3 is 4.57 Å². The van der Waals surface area contributed by atoms with E-state index >= 15 is 0 Å². The summed E-state index contributed by atoms with van der Waals surface area (Å²) in [7, 11) is -1.84. The number of aryl methyl sites for hydroxylation is 1. The van der Waals surface area contributed by atoms with Gasteiger partial charge in [-0.3, -0.25) is 9.69 Å². The number of primary sulfonamides is 1. The quantitative estimate of drug-likeness (QED) is 0.554. The average Bonchev–Trinajstić information content (AvgIpc) is 3.16. The van der Waals surface area contributed by atoms with Crippen LogP contribution in [0.3, 0.4) is 0 Å². The molecule has 0 radical (unpaired) electrons. The van der Waals surface area contributed by atoms with Gasteiger partial charge in [-0.1, -0.05) is 11.6 Å². The number of ketones is 1. The van der Waals surface area contributed by atoms with Crippen molar-refractivity contribution < 1.29 is 13.2 Å². The van der Waals surface area contributed by atoms with Crippen molar-refractivity contribution >= 4 is 38.7 Å². The van der Waals surface area contributed by atoms with Crippen molar-refractivity contribution in [2.45, 2.75) is 25.3 Å². The number of thiophene rings is 1. The normalized spacial score (nSPS) is 11.9. The monoisotopic (exact) mass is 451 g/mol. The second-order valence-electron chi connectivity index (χ2n) is 6.96. The summed E-state index contributed by atoms with van der Waals surface area (Å²) in [6.45, 7) is 4.72. The maximum absolute atomic E-state index is 12.9. The number of rotatable bonds is 7. The number of likely N-dealkylation sites (N-methyl/N-ethyl adjacent to an activating group) is 1. The third-order valence-corrected chi connectivity index (χ3v) is 6.77. The Balaban J connectivity index is 1.80. The van der Waals surface area contributed by atoms with Crippen molar-refractivity contribution in [3.05, 3.63) is 68.6 Å². The zero-order valence-corrected chi connectivity index (χ0v) is 18.7. The molecule has 2 heterocycles. The van der Waals surface area contributed by atoms with Crippen LogP contribution in [0.15, 0.2) is 47.4 Å². The molecule has 0 saturated carbocycles. The molecule has 3 rings (SSSR count). The van der Waals surface area contributed by atoms with Gasteiger partial charge in [0.25, 0.3) is 0 Å². The summed E-state index contributed by atoms with van der Waals surface area (Å²) >= 11 is 7.47. The number of nitrogens with two attached hydrogens (primary N) is 1. The molecule has 9 heteroatoms. The van der Waals surface area contributed by atoms with Crippen LogP contribution in [-0.4, -0.2) is 37.3 Å². The third-order valence-electron chi connectivity index (χ3n) is 4.62. The minimum Gasteiger partial charge on any atom is -0.318 e. The first-order valence-corrected chi connectivity index (χ1v) is 11.6. The molecule has 0 aliphatic rings. The fourth-order valence-corrected chi connectivity index (χ4v) is 5.00. The van der Waals surface area contributed by atoms with Crippen LogP contribution in [0.4, 0.5) is 0 Å². The predicted octanol–water partition coefficient (Wildman–Crippen LogP) is 3.77. The zero-order valence-electron chi connectivity index (χ0n) is 16.3. The van der Waals surface area contributed by atoms with Crippen molar-refractivity contribution in [1.82, 2.24) is 9.47 Å². The van der Waals surface area contributed by atoms with E-state index in [9.17, 15) is 13.2 Å². The van der Waals surface area contributed by atoms with Gasteiger partial charge in [-0.2, -0.15) is 0 Å². The fraction of sp³-hybridized carbons (Fsp3) is 0.250. The molecule has 2 N–H and O–H groups in total. The molecule has 2 aromatic heterocycles. The van der Waals surface area contributed by atoms with E-state index in [0.29, 0.717) is 12.1 Å². The molecule has 3 aromatic rings. The van der Waals surface area contributed by atoms with E-state index in [1.54, 1.807) is 12.1 Å². The van der Waals surface area contributed by atoms with Gasteiger partial charge in [-0.15, -0.1) is 11.3 Å². The highest BCUT2D eigenvalue weighted by atomic mass is 35.5. The second-order valence-corrected chi connectivity index (χ2v) is 10.3. The van der Waals surface area contributed by atoms with Gasteiger partial charge >= 0.3 is 0 Å². The Morgan fingerprint density at radius 3 is 2.38 bits per heavy atom. The summed E-state index contributed by atoms with van der Waals surface area (Å²) in [6, 6.07) is 12.0. The van der Waals surface area contributed by atoms with E-state index in [-0.39, 0.29) is 17.2 Å². The number of Topliss-reactive ketones (excluding diaryl/α,β-unsaturated/α-hetero) is 1. The van der Waals surface area contributed by atoms with Crippen molar-refractivity contribution in [1.29, 1.82) is 0 Å². The molecule has 154 valence electrons. The molecule has 0 fully saturated rings. The molecule has 0 bridgehead atoms. The van der Waals surface area contributed by atoms with E-state index < -0.39 is 10.0 Å². The molecule has 0 atom stereocenters. The molecular formula is C20H22ClN3O3S2. The summed E-state index contributed by atoms with van der Waals surface area (Å²) < 4.78 is 25.6. The van der Waals surface area contributed by atoms with Crippen molar-refractivity contribution in [3.63, 3.8) is 0 Å². The van der Waals surface area contributed by atoms with Gasteiger partial charge in [0.2, 0.25) is 10.0 Å².